The molecule has 142 valence electrons. The zero-order valence-electron chi connectivity index (χ0n) is 15.5. The molecule has 0 aromatic heterocycles. The molecule has 5 nitrogen and oxygen atoms in total. The molecule has 0 aliphatic heterocycles. The highest BCUT2D eigenvalue weighted by Crippen LogP contribution is 2.62. The average Bonchev–Trinajstić information content (AvgIpc) is 2.92. The smallest absolute Gasteiger partial charge is 0.178 e. The van der Waals surface area contributed by atoms with E-state index in [1.165, 1.54) is 7.11 Å². The van der Waals surface area contributed by atoms with Crippen LogP contribution in [0.1, 0.15) is 39.0 Å². The van der Waals surface area contributed by atoms with Crippen molar-refractivity contribution in [1.82, 2.24) is 0 Å². The summed E-state index contributed by atoms with van der Waals surface area (Å²) in [6.07, 6.45) is 7.95. The first-order valence-electron chi connectivity index (χ1n) is 9.67. The number of carbonyl (C=O) groups is 2. The molecule has 2 N–H and O–H groups in total. The van der Waals surface area contributed by atoms with Crippen LogP contribution in [0.2, 0.25) is 0 Å². The Morgan fingerprint density at radius 1 is 1.35 bits per heavy atom. The van der Waals surface area contributed by atoms with Gasteiger partial charge in [-0.3, -0.25) is 9.59 Å². The molecule has 3 saturated carbocycles. The van der Waals surface area contributed by atoms with Crippen molar-refractivity contribution in [2.45, 2.75) is 50.7 Å². The van der Waals surface area contributed by atoms with Crippen LogP contribution in [0.25, 0.3) is 0 Å². The second kappa shape index (κ2) is 6.11. The standard InChI is InChI=1S/C21H28O5/c1-20-8-7-13(22)9-12(20)3-4-14-15-5-6-16(18(24)11-26-2)21(15,25)10-17(23)19(14)20/h7-9,14-17,19,23,25H,3-6,10-11H2,1-2H3. The minimum Gasteiger partial charge on any atom is -0.393 e. The third kappa shape index (κ3) is 2.40. The number of hydrogen-bond acceptors (Lipinski definition) is 5. The lowest BCUT2D eigenvalue weighted by molar-refractivity contribution is -0.174. The van der Waals surface area contributed by atoms with Crippen molar-refractivity contribution in [1.29, 1.82) is 0 Å². The van der Waals surface area contributed by atoms with E-state index in [0.717, 1.165) is 24.8 Å². The van der Waals surface area contributed by atoms with Crippen LogP contribution < -0.4 is 0 Å². The number of Topliss-reactive ketones (excluding diaryl/α,β-unsaturated/α-hetero) is 1. The predicted molar refractivity (Wildman–Crippen MR) is 95.2 cm³/mol. The number of ketones is 2. The quantitative estimate of drug-likeness (QED) is 0.802. The fraction of sp³-hybridized carbons (Fsp3) is 0.714. The van der Waals surface area contributed by atoms with Gasteiger partial charge in [0.25, 0.3) is 0 Å². The minimum atomic E-state index is -1.14. The molecule has 4 rings (SSSR count). The van der Waals surface area contributed by atoms with E-state index >= 15 is 0 Å². The SMILES string of the molecule is COCC(=O)C1CCC2C3CCC4=CC(=O)C=CC4(C)C3C(O)CC12O. The molecule has 0 heterocycles. The number of allylic oxidation sites excluding steroid dienone is 4. The zero-order chi connectivity index (χ0) is 18.7. The molecular formula is C21H28O5. The second-order valence-electron chi connectivity index (χ2n) is 8.81. The largest absolute Gasteiger partial charge is 0.393 e. The Bertz CT molecular complexity index is 695. The number of aliphatic hydroxyl groups excluding tert-OH is 1. The van der Waals surface area contributed by atoms with Crippen molar-refractivity contribution in [2.75, 3.05) is 13.7 Å². The van der Waals surface area contributed by atoms with Crippen LogP contribution in [0.5, 0.6) is 0 Å². The highest BCUT2D eigenvalue weighted by molar-refractivity contribution is 6.01. The topological polar surface area (TPSA) is 83.8 Å². The van der Waals surface area contributed by atoms with E-state index in [1.54, 1.807) is 12.2 Å². The van der Waals surface area contributed by atoms with Crippen molar-refractivity contribution in [3.63, 3.8) is 0 Å². The summed E-state index contributed by atoms with van der Waals surface area (Å²) in [5.41, 5.74) is -0.380. The van der Waals surface area contributed by atoms with E-state index in [0.29, 0.717) is 6.42 Å². The lowest BCUT2D eigenvalue weighted by atomic mass is 9.49. The summed E-state index contributed by atoms with van der Waals surface area (Å²) in [6.45, 7) is 2.12. The van der Waals surface area contributed by atoms with Crippen molar-refractivity contribution >= 4 is 11.6 Å². The molecule has 0 aromatic rings. The number of ether oxygens (including phenoxy) is 1. The van der Waals surface area contributed by atoms with Gasteiger partial charge >= 0.3 is 0 Å². The van der Waals surface area contributed by atoms with Gasteiger partial charge in [0.05, 0.1) is 11.7 Å². The Morgan fingerprint density at radius 3 is 2.85 bits per heavy atom. The third-order valence-electron chi connectivity index (χ3n) is 7.66. The Labute approximate surface area is 154 Å². The summed E-state index contributed by atoms with van der Waals surface area (Å²) < 4.78 is 5.00. The van der Waals surface area contributed by atoms with Crippen LogP contribution in [0.3, 0.4) is 0 Å². The second-order valence-corrected chi connectivity index (χ2v) is 8.81. The number of hydrogen-bond donors (Lipinski definition) is 2. The van der Waals surface area contributed by atoms with Crippen LogP contribution in [0, 0.1) is 29.1 Å². The number of aliphatic hydroxyl groups is 2. The van der Waals surface area contributed by atoms with Crippen molar-refractivity contribution < 1.29 is 24.5 Å². The molecule has 26 heavy (non-hydrogen) atoms. The maximum Gasteiger partial charge on any atom is 0.178 e. The molecule has 0 saturated heterocycles. The third-order valence-corrected chi connectivity index (χ3v) is 7.66. The fourth-order valence-corrected chi connectivity index (χ4v) is 6.61. The van der Waals surface area contributed by atoms with E-state index in [9.17, 15) is 19.8 Å². The summed E-state index contributed by atoms with van der Waals surface area (Å²) in [7, 11) is 1.49. The summed E-state index contributed by atoms with van der Waals surface area (Å²) in [6, 6.07) is 0. The van der Waals surface area contributed by atoms with E-state index in [1.807, 2.05) is 6.08 Å². The van der Waals surface area contributed by atoms with Crippen LogP contribution in [0.15, 0.2) is 23.8 Å². The van der Waals surface area contributed by atoms with Gasteiger partial charge in [0.1, 0.15) is 6.61 Å². The molecule has 0 bridgehead atoms. The first kappa shape index (κ1) is 18.1. The van der Waals surface area contributed by atoms with Crippen LogP contribution >= 0.6 is 0 Å². The van der Waals surface area contributed by atoms with Crippen molar-refractivity contribution in [2.24, 2.45) is 29.1 Å². The molecule has 4 aliphatic carbocycles. The number of rotatable bonds is 3. The highest BCUT2D eigenvalue weighted by Gasteiger charge is 2.63. The molecule has 3 fully saturated rings. The van der Waals surface area contributed by atoms with Crippen molar-refractivity contribution in [3.05, 3.63) is 23.8 Å². The van der Waals surface area contributed by atoms with Gasteiger partial charge in [0.2, 0.25) is 0 Å². The Morgan fingerprint density at radius 2 is 2.12 bits per heavy atom. The number of methoxy groups -OCH3 is 1. The van der Waals surface area contributed by atoms with Gasteiger partial charge < -0.3 is 14.9 Å². The molecular weight excluding hydrogens is 332 g/mol. The van der Waals surface area contributed by atoms with Gasteiger partial charge in [-0.25, -0.2) is 0 Å². The normalized spacial score (nSPS) is 47.0. The molecule has 0 radical (unpaired) electrons. The maximum atomic E-state index is 12.5. The van der Waals surface area contributed by atoms with Gasteiger partial charge in [-0.2, -0.15) is 0 Å². The molecule has 4 aliphatic rings. The van der Waals surface area contributed by atoms with Gasteiger partial charge in [-0.1, -0.05) is 18.6 Å². The average molecular weight is 360 g/mol. The molecule has 7 atom stereocenters. The Kier molecular flexibility index (Phi) is 4.25. The molecule has 0 spiro atoms. The van der Waals surface area contributed by atoms with Gasteiger partial charge in [0, 0.05) is 30.8 Å². The Hall–Kier alpha value is -1.30. The van der Waals surface area contributed by atoms with Crippen LogP contribution in [-0.4, -0.2) is 47.2 Å². The van der Waals surface area contributed by atoms with Crippen LogP contribution in [-0.2, 0) is 14.3 Å². The molecule has 5 heteroatoms. The summed E-state index contributed by atoms with van der Waals surface area (Å²) in [5, 5.41) is 22.5. The zero-order valence-corrected chi connectivity index (χ0v) is 15.5. The predicted octanol–water partition coefficient (Wildman–Crippen LogP) is 1.82. The highest BCUT2D eigenvalue weighted by atomic mass is 16.5. The first-order valence-corrected chi connectivity index (χ1v) is 9.67. The van der Waals surface area contributed by atoms with Gasteiger partial charge in [-0.05, 0) is 49.7 Å². The van der Waals surface area contributed by atoms with E-state index < -0.39 is 17.6 Å². The minimum absolute atomic E-state index is 0.0132. The number of carbonyl (C=O) groups excluding carboxylic acids is 2. The number of fused-ring (bicyclic) bond motifs is 5. The molecule has 0 aromatic carbocycles. The fourth-order valence-electron chi connectivity index (χ4n) is 6.61. The van der Waals surface area contributed by atoms with Crippen molar-refractivity contribution in [3.8, 4) is 0 Å². The van der Waals surface area contributed by atoms with Gasteiger partial charge in [-0.15, -0.1) is 0 Å². The lowest BCUT2D eigenvalue weighted by Gasteiger charge is -2.57. The Balaban J connectivity index is 1.68. The van der Waals surface area contributed by atoms with E-state index in [2.05, 4.69) is 6.92 Å². The maximum absolute atomic E-state index is 12.5. The monoisotopic (exact) mass is 360 g/mol. The van der Waals surface area contributed by atoms with Gasteiger partial charge in [0.15, 0.2) is 11.6 Å². The van der Waals surface area contributed by atoms with Crippen LogP contribution in [0.4, 0.5) is 0 Å². The molecule has 0 amide bonds. The summed E-state index contributed by atoms with van der Waals surface area (Å²) in [5.74, 6) is -0.336. The summed E-state index contributed by atoms with van der Waals surface area (Å²) in [4.78, 5) is 24.3. The summed E-state index contributed by atoms with van der Waals surface area (Å²) >= 11 is 0. The first-order chi connectivity index (χ1) is 12.3. The van der Waals surface area contributed by atoms with E-state index in [4.69, 9.17) is 4.74 Å². The van der Waals surface area contributed by atoms with E-state index in [-0.39, 0.29) is 47.8 Å². The molecule has 7 unspecified atom stereocenters. The lowest BCUT2D eigenvalue weighted by Crippen LogP contribution is -2.60.